The fourth-order valence-corrected chi connectivity index (χ4v) is 0.218. The minimum atomic E-state index is -0.487. The third kappa shape index (κ3) is 3.58. The van der Waals surface area contributed by atoms with Crippen molar-refractivity contribution in [2.45, 2.75) is 0 Å². The lowest BCUT2D eigenvalue weighted by atomic mass is 10.7. The number of hydrogen-bond donors (Lipinski definition) is 2. The quantitative estimate of drug-likeness (QED) is 0.442. The maximum absolute atomic E-state index is 10.1. The highest BCUT2D eigenvalue weighted by molar-refractivity contribution is 5.71. The van der Waals surface area contributed by atoms with E-state index in [-0.39, 0.29) is 19.8 Å². The SMILES string of the molecule is NCC(=O)OCCO. The predicted octanol–water partition coefficient (Wildman–Crippen LogP) is -1.52. The number of aliphatic hydroxyl groups is 1. The van der Waals surface area contributed by atoms with Crippen molar-refractivity contribution < 1.29 is 14.6 Å². The van der Waals surface area contributed by atoms with E-state index in [1.54, 1.807) is 0 Å². The Morgan fingerprint density at radius 3 is 2.75 bits per heavy atom. The highest BCUT2D eigenvalue weighted by Crippen LogP contribution is 1.71. The van der Waals surface area contributed by atoms with Crippen molar-refractivity contribution in [2.75, 3.05) is 19.8 Å². The molecule has 0 aromatic carbocycles. The van der Waals surface area contributed by atoms with Gasteiger partial charge in [-0.25, -0.2) is 0 Å². The molecule has 4 nitrogen and oxygen atoms in total. The van der Waals surface area contributed by atoms with Crippen molar-refractivity contribution in [2.24, 2.45) is 5.73 Å². The molecule has 0 fully saturated rings. The fraction of sp³-hybridized carbons (Fsp3) is 0.750. The van der Waals surface area contributed by atoms with Crippen molar-refractivity contribution in [3.63, 3.8) is 0 Å². The van der Waals surface area contributed by atoms with Crippen molar-refractivity contribution in [3.05, 3.63) is 0 Å². The van der Waals surface area contributed by atoms with Crippen LogP contribution in [0.2, 0.25) is 0 Å². The summed E-state index contributed by atoms with van der Waals surface area (Å²) in [5.74, 6) is -0.487. The first-order valence-electron chi connectivity index (χ1n) is 2.27. The summed E-state index contributed by atoms with van der Waals surface area (Å²) in [5, 5.41) is 8.09. The largest absolute Gasteiger partial charge is 0.462 e. The van der Waals surface area contributed by atoms with Crippen LogP contribution in [0.5, 0.6) is 0 Å². The van der Waals surface area contributed by atoms with Crippen LogP contribution >= 0.6 is 0 Å². The molecular formula is C4H9NO3. The van der Waals surface area contributed by atoms with Gasteiger partial charge in [0.15, 0.2) is 0 Å². The first kappa shape index (κ1) is 7.39. The molecular weight excluding hydrogens is 110 g/mol. The van der Waals surface area contributed by atoms with E-state index in [1.165, 1.54) is 0 Å². The predicted molar refractivity (Wildman–Crippen MR) is 27.1 cm³/mol. The smallest absolute Gasteiger partial charge is 0.319 e. The number of rotatable bonds is 3. The van der Waals surface area contributed by atoms with Gasteiger partial charge in [0.2, 0.25) is 0 Å². The molecule has 0 amide bonds. The number of ether oxygens (including phenoxy) is 1. The Labute approximate surface area is 47.2 Å². The molecule has 48 valence electrons. The molecule has 0 spiro atoms. The third-order valence-electron chi connectivity index (χ3n) is 0.521. The van der Waals surface area contributed by atoms with Gasteiger partial charge in [-0.1, -0.05) is 0 Å². The Hall–Kier alpha value is -0.610. The van der Waals surface area contributed by atoms with E-state index < -0.39 is 5.97 Å². The second-order valence-corrected chi connectivity index (χ2v) is 1.15. The van der Waals surface area contributed by atoms with E-state index in [4.69, 9.17) is 10.8 Å². The summed E-state index contributed by atoms with van der Waals surface area (Å²) in [6.07, 6.45) is 0. The van der Waals surface area contributed by atoms with Crippen LogP contribution in [0.4, 0.5) is 0 Å². The first-order valence-corrected chi connectivity index (χ1v) is 2.27. The number of hydrogen-bond acceptors (Lipinski definition) is 4. The molecule has 0 aliphatic carbocycles. The second-order valence-electron chi connectivity index (χ2n) is 1.15. The van der Waals surface area contributed by atoms with E-state index in [0.717, 1.165) is 0 Å². The lowest BCUT2D eigenvalue weighted by molar-refractivity contribution is -0.142. The lowest BCUT2D eigenvalue weighted by Gasteiger charge is -1.96. The summed E-state index contributed by atoms with van der Waals surface area (Å²) in [6, 6.07) is 0. The van der Waals surface area contributed by atoms with Gasteiger partial charge < -0.3 is 15.6 Å². The number of esters is 1. The van der Waals surface area contributed by atoms with Gasteiger partial charge in [-0.05, 0) is 0 Å². The molecule has 0 aliphatic heterocycles. The van der Waals surface area contributed by atoms with Crippen LogP contribution in [0.3, 0.4) is 0 Å². The zero-order valence-electron chi connectivity index (χ0n) is 4.46. The average molecular weight is 119 g/mol. The highest BCUT2D eigenvalue weighted by Gasteiger charge is 1.94. The van der Waals surface area contributed by atoms with Gasteiger partial charge in [-0.15, -0.1) is 0 Å². The number of nitrogens with two attached hydrogens (primary N) is 1. The number of carbonyl (C=O) groups is 1. The Kier molecular flexibility index (Phi) is 4.20. The molecule has 0 rings (SSSR count). The maximum atomic E-state index is 10.1. The topological polar surface area (TPSA) is 72.6 Å². The molecule has 0 atom stereocenters. The first-order chi connectivity index (χ1) is 3.81. The van der Waals surface area contributed by atoms with Crippen LogP contribution in [0, 0.1) is 0 Å². The van der Waals surface area contributed by atoms with Gasteiger partial charge in [0.1, 0.15) is 6.61 Å². The average Bonchev–Trinajstić information content (AvgIpc) is 1.83. The summed E-state index contributed by atoms with van der Waals surface area (Å²) in [7, 11) is 0. The van der Waals surface area contributed by atoms with Gasteiger partial charge in [0.25, 0.3) is 0 Å². The number of carbonyl (C=O) groups excluding carboxylic acids is 1. The molecule has 0 aromatic heterocycles. The molecule has 8 heavy (non-hydrogen) atoms. The van der Waals surface area contributed by atoms with Crippen LogP contribution in [-0.2, 0) is 9.53 Å². The fourth-order valence-electron chi connectivity index (χ4n) is 0.218. The van der Waals surface area contributed by atoms with E-state index in [2.05, 4.69) is 4.74 Å². The van der Waals surface area contributed by atoms with Gasteiger partial charge in [0.05, 0.1) is 13.2 Å². The van der Waals surface area contributed by atoms with Gasteiger partial charge >= 0.3 is 5.97 Å². The molecule has 0 heterocycles. The standard InChI is InChI=1S/C4H9NO3/c5-3-4(7)8-2-1-6/h6H,1-3,5H2. The van der Waals surface area contributed by atoms with Crippen molar-refractivity contribution >= 4 is 5.97 Å². The van der Waals surface area contributed by atoms with E-state index in [0.29, 0.717) is 0 Å². The minimum absolute atomic E-state index is 0.0377. The monoisotopic (exact) mass is 119 g/mol. The maximum Gasteiger partial charge on any atom is 0.319 e. The molecule has 0 aliphatic rings. The zero-order valence-corrected chi connectivity index (χ0v) is 4.46. The molecule has 4 heteroatoms. The van der Waals surface area contributed by atoms with Crippen molar-refractivity contribution in [1.82, 2.24) is 0 Å². The van der Waals surface area contributed by atoms with Crippen LogP contribution < -0.4 is 5.73 Å². The Bertz CT molecular complexity index is 73.7. The van der Waals surface area contributed by atoms with Crippen molar-refractivity contribution in [3.8, 4) is 0 Å². The van der Waals surface area contributed by atoms with E-state index in [1.807, 2.05) is 0 Å². The normalized spacial score (nSPS) is 8.75. The van der Waals surface area contributed by atoms with Crippen LogP contribution in [-0.4, -0.2) is 30.8 Å². The number of aliphatic hydroxyl groups excluding tert-OH is 1. The molecule has 0 saturated carbocycles. The summed E-state index contributed by atoms with van der Waals surface area (Å²) < 4.78 is 4.33. The third-order valence-corrected chi connectivity index (χ3v) is 0.521. The summed E-state index contributed by atoms with van der Waals surface area (Å²) in [5.41, 5.74) is 4.86. The van der Waals surface area contributed by atoms with Crippen molar-refractivity contribution in [1.29, 1.82) is 0 Å². The Morgan fingerprint density at radius 2 is 2.38 bits per heavy atom. The molecule has 0 unspecified atom stereocenters. The Morgan fingerprint density at radius 1 is 1.75 bits per heavy atom. The molecule has 3 N–H and O–H groups in total. The zero-order chi connectivity index (χ0) is 6.41. The highest BCUT2D eigenvalue weighted by atomic mass is 16.5. The molecule has 0 radical (unpaired) electrons. The second kappa shape index (κ2) is 4.55. The summed E-state index contributed by atoms with van der Waals surface area (Å²) in [4.78, 5) is 10.1. The lowest BCUT2D eigenvalue weighted by Crippen LogP contribution is -2.18. The van der Waals surface area contributed by atoms with Crippen LogP contribution in [0.25, 0.3) is 0 Å². The van der Waals surface area contributed by atoms with Crippen LogP contribution in [0.1, 0.15) is 0 Å². The molecule has 0 saturated heterocycles. The van der Waals surface area contributed by atoms with Gasteiger partial charge in [0, 0.05) is 0 Å². The van der Waals surface area contributed by atoms with Crippen LogP contribution in [0.15, 0.2) is 0 Å². The minimum Gasteiger partial charge on any atom is -0.462 e. The van der Waals surface area contributed by atoms with Gasteiger partial charge in [-0.2, -0.15) is 0 Å². The van der Waals surface area contributed by atoms with E-state index in [9.17, 15) is 4.79 Å². The summed E-state index contributed by atoms with van der Waals surface area (Å²) >= 11 is 0. The Balaban J connectivity index is 2.99. The molecule has 0 aromatic rings. The molecule has 0 bridgehead atoms. The van der Waals surface area contributed by atoms with Gasteiger partial charge in [-0.3, -0.25) is 4.79 Å². The summed E-state index contributed by atoms with van der Waals surface area (Å²) in [6.45, 7) is -0.234. The van der Waals surface area contributed by atoms with E-state index >= 15 is 0 Å².